The van der Waals surface area contributed by atoms with E-state index < -0.39 is 16.8 Å². The van der Waals surface area contributed by atoms with E-state index in [9.17, 15) is 9.18 Å². The molecule has 5 nitrogen and oxygen atoms in total. The Kier molecular flexibility index (Phi) is 5.50. The molecule has 1 aliphatic rings. The quantitative estimate of drug-likeness (QED) is 0.800. The maximum atomic E-state index is 13.6. The second kappa shape index (κ2) is 7.07. The number of nitrogens with one attached hydrogen (secondary N) is 1. The van der Waals surface area contributed by atoms with Gasteiger partial charge in [-0.1, -0.05) is 26.0 Å². The summed E-state index contributed by atoms with van der Waals surface area (Å²) in [5.41, 5.74) is 4.91. The lowest BCUT2D eigenvalue weighted by atomic mass is 9.54. The van der Waals surface area contributed by atoms with Crippen LogP contribution in [0.4, 0.5) is 4.39 Å². The smallest absolute Gasteiger partial charge is 0.240 e. The summed E-state index contributed by atoms with van der Waals surface area (Å²) in [5, 5.41) is 2.82. The molecule has 1 fully saturated rings. The highest BCUT2D eigenvalue weighted by Gasteiger charge is 2.62. The zero-order valence-corrected chi connectivity index (χ0v) is 14.8. The minimum Gasteiger partial charge on any atom is -0.486 e. The molecule has 3 atom stereocenters. The van der Waals surface area contributed by atoms with Crippen LogP contribution in [0.25, 0.3) is 0 Å². The molecule has 1 amide bonds. The minimum atomic E-state index is -0.968. The predicted octanol–water partition coefficient (Wildman–Crippen LogP) is 2.24. The number of rotatable bonds is 7. The van der Waals surface area contributed by atoms with E-state index in [4.69, 9.17) is 15.2 Å². The van der Waals surface area contributed by atoms with Crippen LogP contribution in [-0.2, 0) is 9.53 Å². The molecule has 0 saturated heterocycles. The highest BCUT2D eigenvalue weighted by atomic mass is 19.1. The predicted molar refractivity (Wildman–Crippen MR) is 90.2 cm³/mol. The molecule has 0 aliphatic heterocycles. The Bertz CT molecular complexity index is 593. The van der Waals surface area contributed by atoms with Crippen LogP contribution in [0.2, 0.25) is 0 Å². The maximum Gasteiger partial charge on any atom is 0.240 e. The summed E-state index contributed by atoms with van der Waals surface area (Å²) in [5.74, 6) is -0.486. The Hall–Kier alpha value is -1.66. The zero-order chi connectivity index (χ0) is 18.0. The molecule has 1 saturated carbocycles. The Balaban J connectivity index is 1.88. The van der Waals surface area contributed by atoms with Gasteiger partial charge in [0.2, 0.25) is 5.91 Å². The minimum absolute atomic E-state index is 0.0228. The fourth-order valence-electron chi connectivity index (χ4n) is 3.01. The van der Waals surface area contributed by atoms with E-state index in [2.05, 4.69) is 5.32 Å². The highest BCUT2D eigenvalue weighted by molar-refractivity contribution is 5.88. The van der Waals surface area contributed by atoms with Crippen molar-refractivity contribution in [3.05, 3.63) is 30.1 Å². The van der Waals surface area contributed by atoms with Gasteiger partial charge in [0.25, 0.3) is 0 Å². The van der Waals surface area contributed by atoms with E-state index in [1.54, 1.807) is 25.1 Å². The molecular formula is C18H27FN2O3. The highest BCUT2D eigenvalue weighted by Crippen LogP contribution is 2.49. The molecule has 24 heavy (non-hydrogen) atoms. The third-order valence-electron chi connectivity index (χ3n) is 4.95. The van der Waals surface area contributed by atoms with Crippen LogP contribution in [0.15, 0.2) is 24.3 Å². The van der Waals surface area contributed by atoms with Gasteiger partial charge in [-0.25, -0.2) is 4.39 Å². The fourth-order valence-corrected chi connectivity index (χ4v) is 3.01. The SMILES string of the molecule is CCOC1CC(N)(C(=O)NCC(C)Oc2ccccc2F)C1(C)C. The van der Waals surface area contributed by atoms with Crippen molar-refractivity contribution in [2.24, 2.45) is 11.1 Å². The number of hydrogen-bond acceptors (Lipinski definition) is 4. The molecule has 0 aromatic heterocycles. The first-order chi connectivity index (χ1) is 11.2. The van der Waals surface area contributed by atoms with Gasteiger partial charge < -0.3 is 20.5 Å². The first kappa shape index (κ1) is 18.7. The zero-order valence-electron chi connectivity index (χ0n) is 14.8. The van der Waals surface area contributed by atoms with E-state index in [1.165, 1.54) is 6.07 Å². The van der Waals surface area contributed by atoms with Gasteiger partial charge in [-0.2, -0.15) is 0 Å². The Morgan fingerprint density at radius 2 is 2.12 bits per heavy atom. The lowest BCUT2D eigenvalue weighted by molar-refractivity contribution is -0.170. The van der Waals surface area contributed by atoms with Crippen LogP contribution >= 0.6 is 0 Å². The number of carbonyl (C=O) groups is 1. The molecule has 3 N–H and O–H groups in total. The first-order valence-electron chi connectivity index (χ1n) is 8.32. The molecule has 1 aliphatic carbocycles. The van der Waals surface area contributed by atoms with E-state index in [1.807, 2.05) is 20.8 Å². The molecule has 2 rings (SSSR count). The number of amides is 1. The molecule has 134 valence electrons. The largest absolute Gasteiger partial charge is 0.486 e. The molecule has 0 spiro atoms. The normalized spacial score (nSPS) is 26.3. The molecule has 0 heterocycles. The van der Waals surface area contributed by atoms with Crippen molar-refractivity contribution in [3.8, 4) is 5.75 Å². The monoisotopic (exact) mass is 338 g/mol. The van der Waals surface area contributed by atoms with Crippen molar-refractivity contribution in [3.63, 3.8) is 0 Å². The van der Waals surface area contributed by atoms with Crippen molar-refractivity contribution in [2.45, 2.75) is 51.9 Å². The summed E-state index contributed by atoms with van der Waals surface area (Å²) in [6.45, 7) is 8.42. The maximum absolute atomic E-state index is 13.6. The molecule has 1 aromatic rings. The van der Waals surface area contributed by atoms with Gasteiger partial charge in [0.05, 0.1) is 12.6 Å². The topological polar surface area (TPSA) is 73.6 Å². The van der Waals surface area contributed by atoms with Crippen LogP contribution < -0.4 is 15.8 Å². The number of nitrogens with two attached hydrogens (primary N) is 1. The second-order valence-corrected chi connectivity index (χ2v) is 6.91. The molecule has 0 bridgehead atoms. The summed E-state index contributed by atoms with van der Waals surface area (Å²) in [6.07, 6.45) is 0.0908. The van der Waals surface area contributed by atoms with E-state index in [0.717, 1.165) is 0 Å². The van der Waals surface area contributed by atoms with Crippen LogP contribution in [0.5, 0.6) is 5.75 Å². The number of ether oxygens (including phenoxy) is 2. The van der Waals surface area contributed by atoms with Crippen molar-refractivity contribution >= 4 is 5.91 Å². The van der Waals surface area contributed by atoms with Gasteiger partial charge in [0.1, 0.15) is 11.6 Å². The first-order valence-corrected chi connectivity index (χ1v) is 8.32. The molecule has 3 unspecified atom stereocenters. The molecular weight excluding hydrogens is 311 g/mol. The van der Waals surface area contributed by atoms with Gasteiger partial charge in [0, 0.05) is 18.4 Å². The molecule has 0 radical (unpaired) electrons. The van der Waals surface area contributed by atoms with Crippen LogP contribution in [0.3, 0.4) is 0 Å². The third-order valence-corrected chi connectivity index (χ3v) is 4.95. The Morgan fingerprint density at radius 3 is 2.71 bits per heavy atom. The molecule has 1 aromatic carbocycles. The summed E-state index contributed by atoms with van der Waals surface area (Å²) >= 11 is 0. The van der Waals surface area contributed by atoms with Crippen molar-refractivity contribution in [2.75, 3.05) is 13.2 Å². The Morgan fingerprint density at radius 1 is 1.46 bits per heavy atom. The number of benzene rings is 1. The molecule has 6 heteroatoms. The van der Waals surface area contributed by atoms with Crippen LogP contribution in [-0.4, -0.2) is 36.8 Å². The number of para-hydroxylation sites is 1. The second-order valence-electron chi connectivity index (χ2n) is 6.91. The standard InChI is InChI=1S/C18H27FN2O3/c1-5-23-15-10-18(20,17(15,3)4)16(22)21-11-12(2)24-14-9-7-6-8-13(14)19/h6-9,12,15H,5,10-11,20H2,1-4H3,(H,21,22). The lowest BCUT2D eigenvalue weighted by Crippen LogP contribution is -2.76. The van der Waals surface area contributed by atoms with Gasteiger partial charge in [0.15, 0.2) is 11.6 Å². The van der Waals surface area contributed by atoms with Crippen molar-refractivity contribution < 1.29 is 18.7 Å². The summed E-state index contributed by atoms with van der Waals surface area (Å²) in [7, 11) is 0. The summed E-state index contributed by atoms with van der Waals surface area (Å²) in [6, 6.07) is 6.18. The number of carbonyl (C=O) groups excluding carboxylic acids is 1. The van der Waals surface area contributed by atoms with E-state index >= 15 is 0 Å². The van der Waals surface area contributed by atoms with E-state index in [0.29, 0.717) is 13.0 Å². The van der Waals surface area contributed by atoms with Crippen molar-refractivity contribution in [1.82, 2.24) is 5.32 Å². The van der Waals surface area contributed by atoms with Crippen molar-refractivity contribution in [1.29, 1.82) is 0 Å². The Labute approximate surface area is 142 Å². The average molecular weight is 338 g/mol. The average Bonchev–Trinajstić information content (AvgIpc) is 2.54. The number of halogens is 1. The fraction of sp³-hybridized carbons (Fsp3) is 0.611. The van der Waals surface area contributed by atoms with Crippen LogP contribution in [0, 0.1) is 11.2 Å². The van der Waals surface area contributed by atoms with Gasteiger partial charge in [-0.05, 0) is 26.0 Å². The van der Waals surface area contributed by atoms with E-state index in [-0.39, 0.29) is 30.4 Å². The van der Waals surface area contributed by atoms with Gasteiger partial charge in [-0.15, -0.1) is 0 Å². The van der Waals surface area contributed by atoms with Gasteiger partial charge in [-0.3, -0.25) is 4.79 Å². The summed E-state index contributed by atoms with van der Waals surface area (Å²) in [4.78, 5) is 12.5. The summed E-state index contributed by atoms with van der Waals surface area (Å²) < 4.78 is 24.7. The lowest BCUT2D eigenvalue weighted by Gasteiger charge is -2.57. The van der Waals surface area contributed by atoms with Gasteiger partial charge >= 0.3 is 0 Å². The third kappa shape index (κ3) is 3.39. The number of hydrogen-bond donors (Lipinski definition) is 2. The van der Waals surface area contributed by atoms with Crippen LogP contribution in [0.1, 0.15) is 34.1 Å².